The molecule has 2 fully saturated rings. The van der Waals surface area contributed by atoms with E-state index in [-0.39, 0.29) is 30.8 Å². The molecule has 2 saturated heterocycles. The topological polar surface area (TPSA) is 60.9 Å². The fourth-order valence-electron chi connectivity index (χ4n) is 3.78. The van der Waals surface area contributed by atoms with E-state index in [4.69, 9.17) is 0 Å². The van der Waals surface area contributed by atoms with Crippen molar-refractivity contribution in [2.75, 3.05) is 32.7 Å². The highest BCUT2D eigenvalue weighted by molar-refractivity contribution is 5.97. The fourth-order valence-corrected chi connectivity index (χ4v) is 3.78. The lowest BCUT2D eigenvalue weighted by Crippen LogP contribution is -2.62. The first-order chi connectivity index (χ1) is 12.4. The molecule has 0 N–H and O–H groups in total. The number of aryl methyl sites for hydroxylation is 1. The first-order valence-corrected chi connectivity index (χ1v) is 9.31. The van der Waals surface area contributed by atoms with Crippen molar-refractivity contribution in [3.05, 3.63) is 35.4 Å². The SMILES string of the molecule is Cc1cccc(C(=O)N2CCCN3C(=O)CN(CC(C)C)C(=O)C3C2)c1. The molecule has 1 unspecified atom stereocenters. The number of fused-ring (bicyclic) bond motifs is 1. The number of hydrogen-bond acceptors (Lipinski definition) is 3. The average molecular weight is 357 g/mol. The second-order valence-corrected chi connectivity index (χ2v) is 7.69. The van der Waals surface area contributed by atoms with E-state index in [9.17, 15) is 14.4 Å². The monoisotopic (exact) mass is 357 g/mol. The molecule has 6 nitrogen and oxygen atoms in total. The molecular weight excluding hydrogens is 330 g/mol. The van der Waals surface area contributed by atoms with Gasteiger partial charge in [0.1, 0.15) is 6.04 Å². The normalized spacial score (nSPS) is 21.1. The number of hydrogen-bond donors (Lipinski definition) is 0. The molecule has 2 aliphatic heterocycles. The predicted molar refractivity (Wildman–Crippen MR) is 98.6 cm³/mol. The van der Waals surface area contributed by atoms with E-state index in [1.165, 1.54) is 0 Å². The van der Waals surface area contributed by atoms with Crippen molar-refractivity contribution < 1.29 is 14.4 Å². The minimum absolute atomic E-state index is 0.0138. The molecule has 26 heavy (non-hydrogen) atoms. The van der Waals surface area contributed by atoms with Crippen LogP contribution in [0.3, 0.4) is 0 Å². The van der Waals surface area contributed by atoms with Gasteiger partial charge in [-0.25, -0.2) is 0 Å². The summed E-state index contributed by atoms with van der Waals surface area (Å²) >= 11 is 0. The Morgan fingerprint density at radius 1 is 1.23 bits per heavy atom. The lowest BCUT2D eigenvalue weighted by Gasteiger charge is -2.40. The number of carbonyl (C=O) groups is 3. The van der Waals surface area contributed by atoms with E-state index in [0.717, 1.165) is 5.56 Å². The van der Waals surface area contributed by atoms with Crippen molar-refractivity contribution in [3.8, 4) is 0 Å². The van der Waals surface area contributed by atoms with Gasteiger partial charge in [0.05, 0.1) is 13.1 Å². The Bertz CT molecular complexity index is 716. The summed E-state index contributed by atoms with van der Waals surface area (Å²) in [6, 6.07) is 6.92. The van der Waals surface area contributed by atoms with Crippen molar-refractivity contribution in [1.29, 1.82) is 0 Å². The average Bonchev–Trinajstić information content (AvgIpc) is 2.82. The van der Waals surface area contributed by atoms with Gasteiger partial charge >= 0.3 is 0 Å². The minimum Gasteiger partial charge on any atom is -0.336 e. The maximum absolute atomic E-state index is 12.9. The van der Waals surface area contributed by atoms with Crippen LogP contribution in [-0.4, -0.2) is 71.2 Å². The molecule has 6 heteroatoms. The molecule has 0 spiro atoms. The molecule has 140 valence electrons. The van der Waals surface area contributed by atoms with Crippen LogP contribution in [0.15, 0.2) is 24.3 Å². The molecule has 2 aliphatic rings. The van der Waals surface area contributed by atoms with E-state index in [0.29, 0.717) is 37.5 Å². The molecule has 0 bridgehead atoms. The van der Waals surface area contributed by atoms with E-state index in [1.54, 1.807) is 20.8 Å². The molecule has 1 aromatic rings. The van der Waals surface area contributed by atoms with E-state index < -0.39 is 6.04 Å². The van der Waals surface area contributed by atoms with Crippen LogP contribution in [-0.2, 0) is 9.59 Å². The summed E-state index contributed by atoms with van der Waals surface area (Å²) in [6.45, 7) is 8.10. The van der Waals surface area contributed by atoms with Gasteiger partial charge in [-0.1, -0.05) is 31.5 Å². The lowest BCUT2D eigenvalue weighted by atomic mass is 10.1. The van der Waals surface area contributed by atoms with Crippen molar-refractivity contribution >= 4 is 17.7 Å². The Kier molecular flexibility index (Phi) is 5.30. The van der Waals surface area contributed by atoms with Crippen LogP contribution in [0, 0.1) is 12.8 Å². The number of nitrogens with zero attached hydrogens (tertiary/aromatic N) is 3. The first kappa shape index (κ1) is 18.4. The summed E-state index contributed by atoms with van der Waals surface area (Å²) in [5, 5.41) is 0. The number of carbonyl (C=O) groups excluding carboxylic acids is 3. The summed E-state index contributed by atoms with van der Waals surface area (Å²) in [7, 11) is 0. The summed E-state index contributed by atoms with van der Waals surface area (Å²) < 4.78 is 0. The van der Waals surface area contributed by atoms with Crippen molar-refractivity contribution in [2.45, 2.75) is 33.2 Å². The minimum atomic E-state index is -0.564. The van der Waals surface area contributed by atoms with Gasteiger partial charge in [-0.05, 0) is 31.4 Å². The smallest absolute Gasteiger partial charge is 0.253 e. The maximum Gasteiger partial charge on any atom is 0.253 e. The highest BCUT2D eigenvalue weighted by Gasteiger charge is 2.42. The Morgan fingerprint density at radius 2 is 2.00 bits per heavy atom. The Balaban J connectivity index is 1.81. The van der Waals surface area contributed by atoms with E-state index in [1.807, 2.05) is 39.0 Å². The zero-order chi connectivity index (χ0) is 18.8. The summed E-state index contributed by atoms with van der Waals surface area (Å²) in [5.41, 5.74) is 1.66. The van der Waals surface area contributed by atoms with Crippen LogP contribution >= 0.6 is 0 Å². The molecule has 3 rings (SSSR count). The standard InChI is InChI=1S/C20H27N3O3/c1-14(2)11-22-13-18(24)23-9-5-8-21(12-17(23)20(22)26)19(25)16-7-4-6-15(3)10-16/h4,6-7,10,14,17H,5,8-9,11-13H2,1-3H3. The molecule has 0 radical (unpaired) electrons. The molecule has 1 atom stereocenters. The highest BCUT2D eigenvalue weighted by Crippen LogP contribution is 2.20. The zero-order valence-corrected chi connectivity index (χ0v) is 15.8. The molecule has 2 heterocycles. The van der Waals surface area contributed by atoms with Gasteiger partial charge in [-0.2, -0.15) is 0 Å². The van der Waals surface area contributed by atoms with Crippen LogP contribution in [0.2, 0.25) is 0 Å². The number of rotatable bonds is 3. The van der Waals surface area contributed by atoms with Crippen molar-refractivity contribution in [1.82, 2.24) is 14.7 Å². The van der Waals surface area contributed by atoms with Crippen molar-refractivity contribution in [2.24, 2.45) is 5.92 Å². The van der Waals surface area contributed by atoms with Gasteiger partial charge in [0.25, 0.3) is 5.91 Å². The van der Waals surface area contributed by atoms with Crippen molar-refractivity contribution in [3.63, 3.8) is 0 Å². The zero-order valence-electron chi connectivity index (χ0n) is 15.8. The molecule has 0 aromatic heterocycles. The highest BCUT2D eigenvalue weighted by atomic mass is 16.2. The summed E-state index contributed by atoms with van der Waals surface area (Å²) in [4.78, 5) is 43.5. The van der Waals surface area contributed by atoms with Crippen LogP contribution in [0.4, 0.5) is 0 Å². The first-order valence-electron chi connectivity index (χ1n) is 9.31. The van der Waals surface area contributed by atoms with Gasteiger partial charge in [0, 0.05) is 25.2 Å². The van der Waals surface area contributed by atoms with Crippen LogP contribution < -0.4 is 0 Å². The lowest BCUT2D eigenvalue weighted by molar-refractivity contribution is -0.156. The predicted octanol–water partition coefficient (Wildman–Crippen LogP) is 1.54. The maximum atomic E-state index is 12.9. The molecule has 1 aromatic carbocycles. The third kappa shape index (κ3) is 3.74. The summed E-state index contributed by atoms with van der Waals surface area (Å²) in [5.74, 6) is 0.174. The number of amides is 3. The van der Waals surface area contributed by atoms with Gasteiger partial charge in [0.15, 0.2) is 0 Å². The van der Waals surface area contributed by atoms with Gasteiger partial charge in [-0.3, -0.25) is 14.4 Å². The number of benzene rings is 1. The third-order valence-electron chi connectivity index (χ3n) is 4.98. The van der Waals surface area contributed by atoms with Crippen LogP contribution in [0.25, 0.3) is 0 Å². The molecule has 0 saturated carbocycles. The van der Waals surface area contributed by atoms with E-state index in [2.05, 4.69) is 0 Å². The van der Waals surface area contributed by atoms with Gasteiger partial charge < -0.3 is 14.7 Å². The number of piperazine rings is 1. The van der Waals surface area contributed by atoms with Crippen LogP contribution in [0.5, 0.6) is 0 Å². The largest absolute Gasteiger partial charge is 0.336 e. The Hall–Kier alpha value is -2.37. The Morgan fingerprint density at radius 3 is 2.69 bits per heavy atom. The molecule has 0 aliphatic carbocycles. The second kappa shape index (κ2) is 7.48. The third-order valence-corrected chi connectivity index (χ3v) is 4.98. The fraction of sp³-hybridized carbons (Fsp3) is 0.550. The molecule has 3 amide bonds. The van der Waals surface area contributed by atoms with Gasteiger partial charge in [-0.15, -0.1) is 0 Å². The quantitative estimate of drug-likeness (QED) is 0.824. The molecular formula is C20H27N3O3. The van der Waals surface area contributed by atoms with E-state index >= 15 is 0 Å². The summed E-state index contributed by atoms with van der Waals surface area (Å²) in [6.07, 6.45) is 0.692. The Labute approximate surface area is 154 Å². The van der Waals surface area contributed by atoms with Crippen LogP contribution in [0.1, 0.15) is 36.2 Å². The second-order valence-electron chi connectivity index (χ2n) is 7.69. The van der Waals surface area contributed by atoms with Gasteiger partial charge in [0.2, 0.25) is 11.8 Å².